The monoisotopic (exact) mass is 240 g/mol. The molecule has 0 saturated heterocycles. The summed E-state index contributed by atoms with van der Waals surface area (Å²) in [4.78, 5) is 0. The number of fused-ring (bicyclic) bond motifs is 1. The summed E-state index contributed by atoms with van der Waals surface area (Å²) in [6, 6.07) is 13.6. The molecule has 0 aliphatic heterocycles. The number of unbranched alkanes of at least 4 members (excludes halogenated alkanes) is 1. The SMILES string of the molecule is CCCCc1ccc2c(C(C)(C)C)cccc2c1. The van der Waals surface area contributed by atoms with Crippen LogP contribution in [0.1, 0.15) is 51.7 Å². The molecule has 18 heavy (non-hydrogen) atoms. The van der Waals surface area contributed by atoms with Crippen LogP contribution in [0, 0.1) is 0 Å². The van der Waals surface area contributed by atoms with Gasteiger partial charge in [-0.05, 0) is 40.2 Å². The van der Waals surface area contributed by atoms with Gasteiger partial charge in [0.15, 0.2) is 0 Å². The molecule has 0 saturated carbocycles. The smallest absolute Gasteiger partial charge is 0.0126 e. The maximum absolute atomic E-state index is 2.36. The van der Waals surface area contributed by atoms with Crippen molar-refractivity contribution in [1.29, 1.82) is 0 Å². The Morgan fingerprint density at radius 3 is 2.44 bits per heavy atom. The summed E-state index contributed by atoms with van der Waals surface area (Å²) in [5, 5.41) is 2.79. The summed E-state index contributed by atoms with van der Waals surface area (Å²) in [6.45, 7) is 9.10. The fourth-order valence-corrected chi connectivity index (χ4v) is 2.52. The van der Waals surface area contributed by atoms with E-state index < -0.39 is 0 Å². The lowest BCUT2D eigenvalue weighted by Gasteiger charge is -2.21. The van der Waals surface area contributed by atoms with E-state index in [9.17, 15) is 0 Å². The topological polar surface area (TPSA) is 0 Å². The molecule has 0 heterocycles. The third-order valence-corrected chi connectivity index (χ3v) is 3.57. The molecular weight excluding hydrogens is 216 g/mol. The number of aryl methyl sites for hydroxylation is 1. The highest BCUT2D eigenvalue weighted by molar-refractivity contribution is 5.87. The molecule has 0 aliphatic rings. The van der Waals surface area contributed by atoms with Crippen LogP contribution in [0.3, 0.4) is 0 Å². The Kier molecular flexibility index (Phi) is 3.75. The number of hydrogen-bond acceptors (Lipinski definition) is 0. The molecule has 2 rings (SSSR count). The van der Waals surface area contributed by atoms with E-state index in [-0.39, 0.29) is 5.41 Å². The highest BCUT2D eigenvalue weighted by Gasteiger charge is 2.16. The molecule has 0 aliphatic carbocycles. The number of benzene rings is 2. The molecule has 0 radical (unpaired) electrons. The van der Waals surface area contributed by atoms with Crippen molar-refractivity contribution in [2.45, 2.75) is 52.4 Å². The lowest BCUT2D eigenvalue weighted by molar-refractivity contribution is 0.596. The van der Waals surface area contributed by atoms with Gasteiger partial charge in [-0.1, -0.05) is 70.5 Å². The first-order chi connectivity index (χ1) is 8.52. The second kappa shape index (κ2) is 5.14. The molecule has 0 aromatic heterocycles. The molecule has 2 aromatic carbocycles. The van der Waals surface area contributed by atoms with E-state index in [1.807, 2.05) is 0 Å². The van der Waals surface area contributed by atoms with Crippen LogP contribution < -0.4 is 0 Å². The second-order valence-electron chi connectivity index (χ2n) is 6.21. The van der Waals surface area contributed by atoms with Crippen molar-refractivity contribution in [1.82, 2.24) is 0 Å². The van der Waals surface area contributed by atoms with Gasteiger partial charge in [-0.25, -0.2) is 0 Å². The Bertz CT molecular complexity index is 529. The molecule has 0 unspecified atom stereocenters. The van der Waals surface area contributed by atoms with E-state index in [0.29, 0.717) is 0 Å². The van der Waals surface area contributed by atoms with Gasteiger partial charge in [-0.3, -0.25) is 0 Å². The average molecular weight is 240 g/mol. The zero-order chi connectivity index (χ0) is 13.2. The van der Waals surface area contributed by atoms with Crippen LogP contribution in [0.2, 0.25) is 0 Å². The average Bonchev–Trinajstić information content (AvgIpc) is 2.34. The fraction of sp³-hybridized carbons (Fsp3) is 0.444. The first-order valence-corrected chi connectivity index (χ1v) is 7.04. The first kappa shape index (κ1) is 13.1. The van der Waals surface area contributed by atoms with Crippen LogP contribution in [-0.2, 0) is 11.8 Å². The Labute approximate surface area is 111 Å². The Morgan fingerprint density at radius 1 is 1.00 bits per heavy atom. The standard InChI is InChI=1S/C18H24/c1-5-6-8-14-11-12-16-15(13-14)9-7-10-17(16)18(2,3)4/h7,9-13H,5-6,8H2,1-4H3. The quantitative estimate of drug-likeness (QED) is 0.666. The van der Waals surface area contributed by atoms with Gasteiger partial charge in [-0.15, -0.1) is 0 Å². The van der Waals surface area contributed by atoms with E-state index >= 15 is 0 Å². The Morgan fingerprint density at radius 2 is 1.78 bits per heavy atom. The molecule has 96 valence electrons. The van der Waals surface area contributed by atoms with Crippen LogP contribution in [-0.4, -0.2) is 0 Å². The molecule has 0 heteroatoms. The van der Waals surface area contributed by atoms with Gasteiger partial charge in [0.25, 0.3) is 0 Å². The Balaban J connectivity index is 2.47. The molecular formula is C18H24. The molecule has 0 amide bonds. The van der Waals surface area contributed by atoms with Crippen molar-refractivity contribution < 1.29 is 0 Å². The van der Waals surface area contributed by atoms with Gasteiger partial charge in [0.2, 0.25) is 0 Å². The number of hydrogen-bond donors (Lipinski definition) is 0. The molecule has 0 atom stereocenters. The summed E-state index contributed by atoms with van der Waals surface area (Å²) < 4.78 is 0. The second-order valence-corrected chi connectivity index (χ2v) is 6.21. The van der Waals surface area contributed by atoms with Crippen LogP contribution in [0.5, 0.6) is 0 Å². The Hall–Kier alpha value is -1.30. The summed E-state index contributed by atoms with van der Waals surface area (Å²) in [5.41, 5.74) is 3.13. The lowest BCUT2D eigenvalue weighted by atomic mass is 9.83. The molecule has 2 aromatic rings. The summed E-state index contributed by atoms with van der Waals surface area (Å²) >= 11 is 0. The van der Waals surface area contributed by atoms with Crippen LogP contribution in [0.4, 0.5) is 0 Å². The van der Waals surface area contributed by atoms with E-state index in [1.54, 1.807) is 0 Å². The highest BCUT2D eigenvalue weighted by atomic mass is 14.2. The van der Waals surface area contributed by atoms with Crippen molar-refractivity contribution in [3.05, 3.63) is 47.5 Å². The largest absolute Gasteiger partial charge is 0.0654 e. The fourth-order valence-electron chi connectivity index (χ4n) is 2.52. The minimum atomic E-state index is 0.213. The van der Waals surface area contributed by atoms with Crippen molar-refractivity contribution >= 4 is 10.8 Å². The van der Waals surface area contributed by atoms with Crippen LogP contribution >= 0.6 is 0 Å². The zero-order valence-corrected chi connectivity index (χ0v) is 12.1. The molecule has 0 nitrogen and oxygen atoms in total. The van der Waals surface area contributed by atoms with E-state index in [1.165, 1.54) is 41.2 Å². The minimum Gasteiger partial charge on any atom is -0.0654 e. The maximum atomic E-state index is 2.36. The predicted molar refractivity (Wildman–Crippen MR) is 81.3 cm³/mol. The van der Waals surface area contributed by atoms with Gasteiger partial charge >= 0.3 is 0 Å². The van der Waals surface area contributed by atoms with E-state index in [4.69, 9.17) is 0 Å². The van der Waals surface area contributed by atoms with Gasteiger partial charge in [-0.2, -0.15) is 0 Å². The maximum Gasteiger partial charge on any atom is -0.0126 e. The van der Waals surface area contributed by atoms with Crippen molar-refractivity contribution in [3.8, 4) is 0 Å². The minimum absolute atomic E-state index is 0.213. The van der Waals surface area contributed by atoms with Gasteiger partial charge in [0.05, 0.1) is 0 Å². The third-order valence-electron chi connectivity index (χ3n) is 3.57. The zero-order valence-electron chi connectivity index (χ0n) is 12.1. The van der Waals surface area contributed by atoms with Gasteiger partial charge in [0.1, 0.15) is 0 Å². The van der Waals surface area contributed by atoms with Crippen molar-refractivity contribution in [2.24, 2.45) is 0 Å². The molecule has 0 N–H and O–H groups in total. The lowest BCUT2D eigenvalue weighted by Crippen LogP contribution is -2.11. The normalized spacial score (nSPS) is 12.0. The summed E-state index contributed by atoms with van der Waals surface area (Å²) in [6.07, 6.45) is 3.75. The third kappa shape index (κ3) is 2.75. The van der Waals surface area contributed by atoms with Gasteiger partial charge < -0.3 is 0 Å². The van der Waals surface area contributed by atoms with Crippen LogP contribution in [0.25, 0.3) is 10.8 Å². The molecule has 0 bridgehead atoms. The van der Waals surface area contributed by atoms with Crippen molar-refractivity contribution in [3.63, 3.8) is 0 Å². The van der Waals surface area contributed by atoms with Crippen LogP contribution in [0.15, 0.2) is 36.4 Å². The van der Waals surface area contributed by atoms with Crippen molar-refractivity contribution in [2.75, 3.05) is 0 Å². The van der Waals surface area contributed by atoms with E-state index in [0.717, 1.165) is 0 Å². The summed E-state index contributed by atoms with van der Waals surface area (Å²) in [5.74, 6) is 0. The molecule has 0 fully saturated rings. The number of rotatable bonds is 3. The highest BCUT2D eigenvalue weighted by Crippen LogP contribution is 2.30. The summed E-state index contributed by atoms with van der Waals surface area (Å²) in [7, 11) is 0. The van der Waals surface area contributed by atoms with Gasteiger partial charge in [0, 0.05) is 0 Å². The molecule has 0 spiro atoms. The predicted octanol–water partition coefficient (Wildman–Crippen LogP) is 5.48. The first-order valence-electron chi connectivity index (χ1n) is 7.04. The van der Waals surface area contributed by atoms with E-state index in [2.05, 4.69) is 64.1 Å².